The van der Waals surface area contributed by atoms with Gasteiger partial charge in [-0.25, -0.2) is 4.79 Å². The predicted molar refractivity (Wildman–Crippen MR) is 148 cm³/mol. The Morgan fingerprint density at radius 2 is 1.88 bits per heavy atom. The molecule has 0 radical (unpaired) electrons. The summed E-state index contributed by atoms with van der Waals surface area (Å²) < 4.78 is 42.7. The molecule has 2 heterocycles. The van der Waals surface area contributed by atoms with Gasteiger partial charge in [-0.05, 0) is 91.1 Å². The van der Waals surface area contributed by atoms with Gasteiger partial charge in [0.15, 0.2) is 0 Å². The number of fused-ring (bicyclic) bond motifs is 1. The van der Waals surface area contributed by atoms with Gasteiger partial charge in [-0.3, -0.25) is 9.78 Å². The summed E-state index contributed by atoms with van der Waals surface area (Å²) in [5.41, 5.74) is 4.70. The summed E-state index contributed by atoms with van der Waals surface area (Å²) in [5, 5.41) is 6.06. The zero-order valence-electron chi connectivity index (χ0n) is 23.2. The first-order valence-corrected chi connectivity index (χ1v) is 13.6. The van der Waals surface area contributed by atoms with E-state index in [1.165, 1.54) is 18.2 Å². The van der Waals surface area contributed by atoms with E-state index in [9.17, 15) is 22.8 Å². The second-order valence-corrected chi connectivity index (χ2v) is 11.6. The number of halogens is 3. The van der Waals surface area contributed by atoms with Crippen LogP contribution in [0.3, 0.4) is 0 Å². The van der Waals surface area contributed by atoms with Crippen molar-refractivity contribution in [3.05, 3.63) is 83.2 Å². The molecule has 1 aliphatic carbocycles. The number of ether oxygens (including phenoxy) is 1. The van der Waals surface area contributed by atoms with Crippen LogP contribution in [0.1, 0.15) is 55.4 Å². The zero-order chi connectivity index (χ0) is 29.4. The van der Waals surface area contributed by atoms with E-state index in [1.807, 2.05) is 45.0 Å². The van der Waals surface area contributed by atoms with Gasteiger partial charge in [0.25, 0.3) is 0 Å². The van der Waals surface area contributed by atoms with Crippen molar-refractivity contribution < 1.29 is 27.5 Å². The number of nitrogens with one attached hydrogen (secondary N) is 2. The molecule has 2 atom stereocenters. The monoisotopic (exact) mass is 566 g/mol. The number of pyridine rings is 1. The number of aromatic nitrogens is 1. The third-order valence-corrected chi connectivity index (χ3v) is 7.35. The molecule has 3 aromatic rings. The van der Waals surface area contributed by atoms with Crippen molar-refractivity contribution >= 4 is 11.9 Å². The smallest absolute Gasteiger partial charge is 0.406 e. The van der Waals surface area contributed by atoms with Gasteiger partial charge < -0.3 is 20.3 Å². The van der Waals surface area contributed by atoms with Gasteiger partial charge >= 0.3 is 12.4 Å². The van der Waals surface area contributed by atoms with Crippen LogP contribution in [0.5, 0.6) is 5.75 Å². The number of urea groups is 1. The lowest BCUT2D eigenvalue weighted by Gasteiger charge is -2.34. The average Bonchev–Trinajstić information content (AvgIpc) is 3.71. The van der Waals surface area contributed by atoms with Gasteiger partial charge in [0.2, 0.25) is 5.91 Å². The fraction of sp³-hybridized carbons (Fsp3) is 0.387. The molecule has 10 heteroatoms. The number of rotatable bonds is 6. The molecule has 1 aliphatic heterocycles. The number of carbonyl (C=O) groups is 2. The summed E-state index contributed by atoms with van der Waals surface area (Å²) >= 11 is 0. The highest BCUT2D eigenvalue weighted by atomic mass is 19.4. The third kappa shape index (κ3) is 6.99. The van der Waals surface area contributed by atoms with Gasteiger partial charge in [0.1, 0.15) is 5.75 Å². The molecule has 41 heavy (non-hydrogen) atoms. The molecule has 0 unspecified atom stereocenters. The van der Waals surface area contributed by atoms with Crippen LogP contribution in [0.4, 0.5) is 18.0 Å². The van der Waals surface area contributed by atoms with Crippen molar-refractivity contribution in [1.29, 1.82) is 0 Å². The van der Waals surface area contributed by atoms with E-state index in [0.717, 1.165) is 34.2 Å². The summed E-state index contributed by atoms with van der Waals surface area (Å²) in [6.45, 7) is 6.78. The minimum absolute atomic E-state index is 0.0354. The molecule has 0 bridgehead atoms. The molecule has 1 aromatic heterocycles. The minimum Gasteiger partial charge on any atom is -0.406 e. The van der Waals surface area contributed by atoms with Crippen LogP contribution in [-0.4, -0.2) is 40.3 Å². The molecule has 7 nitrogen and oxygen atoms in total. The highest BCUT2D eigenvalue weighted by molar-refractivity contribution is 5.83. The van der Waals surface area contributed by atoms with Gasteiger partial charge in [0, 0.05) is 43.5 Å². The number of benzene rings is 2. The molecule has 1 fully saturated rings. The SMILES string of the molecule is CC(C)(C)NC(=O)N1CCc2c(-c3cccc(OC(F)(F)F)c3)ccc(CNC(=O)[C@H]3C[C@H]3c3cccnc3)c2C1. The Morgan fingerprint density at radius 1 is 1.07 bits per heavy atom. The first-order chi connectivity index (χ1) is 19.4. The largest absolute Gasteiger partial charge is 0.573 e. The van der Waals surface area contributed by atoms with Crippen LogP contribution >= 0.6 is 0 Å². The van der Waals surface area contributed by atoms with E-state index in [0.29, 0.717) is 25.1 Å². The van der Waals surface area contributed by atoms with Gasteiger partial charge in [-0.2, -0.15) is 0 Å². The van der Waals surface area contributed by atoms with E-state index in [2.05, 4.69) is 20.4 Å². The van der Waals surface area contributed by atoms with Crippen LogP contribution in [0, 0.1) is 5.92 Å². The highest BCUT2D eigenvalue weighted by Crippen LogP contribution is 2.47. The molecule has 2 N–H and O–H groups in total. The maximum absolute atomic E-state index is 13.0. The first kappa shape index (κ1) is 28.4. The lowest BCUT2D eigenvalue weighted by Crippen LogP contribution is -2.50. The van der Waals surface area contributed by atoms with E-state index in [4.69, 9.17) is 0 Å². The zero-order valence-corrected chi connectivity index (χ0v) is 23.2. The molecule has 2 aliphatic rings. The minimum atomic E-state index is -4.79. The Morgan fingerprint density at radius 3 is 2.59 bits per heavy atom. The molecule has 5 rings (SSSR count). The van der Waals surface area contributed by atoms with E-state index in [1.54, 1.807) is 23.4 Å². The number of hydrogen-bond donors (Lipinski definition) is 2. The Labute approximate surface area is 237 Å². The standard InChI is InChI=1S/C31H33F3N4O3/c1-30(2,3)37-29(40)38-13-11-24-23(19-6-4-8-22(14-19)41-31(32,33)34)10-9-21(27(24)18-38)17-36-28(39)26-15-25(26)20-7-5-12-35-16-20/h4-10,12,14,16,25-26H,11,13,15,17-18H2,1-3H3,(H,36,39)(H,37,40)/t25-,26-/m0/s1. The number of alkyl halides is 3. The van der Waals surface area contributed by atoms with Gasteiger partial charge in [-0.15, -0.1) is 13.2 Å². The maximum atomic E-state index is 13.0. The van der Waals surface area contributed by atoms with Crippen LogP contribution in [0.25, 0.3) is 11.1 Å². The van der Waals surface area contributed by atoms with Crippen LogP contribution < -0.4 is 15.4 Å². The van der Waals surface area contributed by atoms with Crippen molar-refractivity contribution in [2.75, 3.05) is 6.54 Å². The van der Waals surface area contributed by atoms with Gasteiger partial charge in [-0.1, -0.05) is 30.3 Å². The Bertz CT molecular complexity index is 1440. The lowest BCUT2D eigenvalue weighted by atomic mass is 9.87. The number of carbonyl (C=O) groups excluding carboxylic acids is 2. The van der Waals surface area contributed by atoms with Crippen molar-refractivity contribution in [3.8, 4) is 16.9 Å². The summed E-state index contributed by atoms with van der Waals surface area (Å²) in [6, 6.07) is 13.3. The van der Waals surface area contributed by atoms with Crippen molar-refractivity contribution in [2.45, 2.75) is 64.5 Å². The van der Waals surface area contributed by atoms with Crippen molar-refractivity contribution in [2.24, 2.45) is 5.92 Å². The van der Waals surface area contributed by atoms with Crippen LogP contribution in [-0.2, 0) is 24.3 Å². The Kier molecular flexibility index (Phi) is 7.68. The summed E-state index contributed by atoms with van der Waals surface area (Å²) in [4.78, 5) is 31.9. The lowest BCUT2D eigenvalue weighted by molar-refractivity contribution is -0.274. The molecule has 3 amide bonds. The van der Waals surface area contributed by atoms with Crippen LogP contribution in [0.15, 0.2) is 60.9 Å². The van der Waals surface area contributed by atoms with Crippen molar-refractivity contribution in [3.63, 3.8) is 0 Å². The van der Waals surface area contributed by atoms with E-state index in [-0.39, 0.29) is 36.1 Å². The number of nitrogens with zero attached hydrogens (tertiary/aromatic N) is 2. The number of hydrogen-bond acceptors (Lipinski definition) is 4. The van der Waals surface area contributed by atoms with E-state index < -0.39 is 11.9 Å². The second kappa shape index (κ2) is 11.1. The Balaban J connectivity index is 1.40. The number of amides is 3. The molecule has 216 valence electrons. The molecule has 0 saturated heterocycles. The van der Waals surface area contributed by atoms with Gasteiger partial charge in [0.05, 0.1) is 0 Å². The maximum Gasteiger partial charge on any atom is 0.573 e. The third-order valence-electron chi connectivity index (χ3n) is 7.35. The average molecular weight is 567 g/mol. The summed E-state index contributed by atoms with van der Waals surface area (Å²) in [5.74, 6) is -0.288. The molecule has 0 spiro atoms. The quantitative estimate of drug-likeness (QED) is 0.387. The first-order valence-electron chi connectivity index (χ1n) is 13.6. The molecule has 1 saturated carbocycles. The fourth-order valence-electron chi connectivity index (χ4n) is 5.37. The highest BCUT2D eigenvalue weighted by Gasteiger charge is 2.44. The fourth-order valence-corrected chi connectivity index (χ4v) is 5.37. The molecular formula is C31H33F3N4O3. The van der Waals surface area contributed by atoms with Crippen molar-refractivity contribution in [1.82, 2.24) is 20.5 Å². The van der Waals surface area contributed by atoms with Crippen LogP contribution in [0.2, 0.25) is 0 Å². The summed E-state index contributed by atoms with van der Waals surface area (Å²) in [7, 11) is 0. The summed E-state index contributed by atoms with van der Waals surface area (Å²) in [6.07, 6.45) is -0.0121. The second-order valence-electron chi connectivity index (χ2n) is 11.6. The Hall–Kier alpha value is -4.08. The topological polar surface area (TPSA) is 83.6 Å². The predicted octanol–water partition coefficient (Wildman–Crippen LogP) is 5.93. The van der Waals surface area contributed by atoms with E-state index >= 15 is 0 Å². The molecule has 2 aromatic carbocycles. The molecular weight excluding hydrogens is 533 g/mol. The normalized spacial score (nSPS) is 18.3.